The summed E-state index contributed by atoms with van der Waals surface area (Å²) in [5.41, 5.74) is 3.86. The van der Waals surface area contributed by atoms with Gasteiger partial charge in [0.1, 0.15) is 0 Å². The molecule has 0 saturated carbocycles. The van der Waals surface area contributed by atoms with Gasteiger partial charge in [-0.25, -0.2) is 0 Å². The SMILES string of the molecule is c1ccc(C2=NO[C@@H](c3nc(-c4ccccc4)no3)[C@@H]2c2ccccc2)cc1. The zero-order valence-corrected chi connectivity index (χ0v) is 15.0. The van der Waals surface area contributed by atoms with Crippen molar-refractivity contribution in [3.8, 4) is 11.4 Å². The Morgan fingerprint density at radius 3 is 1.96 bits per heavy atom. The van der Waals surface area contributed by atoms with Crippen molar-refractivity contribution in [2.45, 2.75) is 12.0 Å². The highest BCUT2D eigenvalue weighted by molar-refractivity contribution is 6.06. The van der Waals surface area contributed by atoms with Crippen molar-refractivity contribution in [3.63, 3.8) is 0 Å². The number of aromatic nitrogens is 2. The van der Waals surface area contributed by atoms with Crippen LogP contribution in [0.2, 0.25) is 0 Å². The van der Waals surface area contributed by atoms with Crippen LogP contribution in [-0.4, -0.2) is 15.9 Å². The zero-order chi connectivity index (χ0) is 18.8. The maximum atomic E-state index is 5.81. The van der Waals surface area contributed by atoms with Crippen molar-refractivity contribution in [2.24, 2.45) is 5.16 Å². The minimum atomic E-state index is -0.470. The molecule has 5 heteroatoms. The third-order valence-corrected chi connectivity index (χ3v) is 4.81. The fourth-order valence-corrected chi connectivity index (χ4v) is 3.45. The van der Waals surface area contributed by atoms with E-state index in [2.05, 4.69) is 27.4 Å². The Kier molecular flexibility index (Phi) is 4.18. The molecule has 0 bridgehead atoms. The van der Waals surface area contributed by atoms with Crippen LogP contribution >= 0.6 is 0 Å². The van der Waals surface area contributed by atoms with Crippen LogP contribution in [0, 0.1) is 0 Å². The van der Waals surface area contributed by atoms with Crippen LogP contribution in [0.4, 0.5) is 0 Å². The number of hydrogen-bond donors (Lipinski definition) is 0. The molecule has 0 amide bonds. The van der Waals surface area contributed by atoms with Crippen LogP contribution in [0.25, 0.3) is 11.4 Å². The second-order valence-corrected chi connectivity index (χ2v) is 6.58. The molecule has 0 saturated heterocycles. The van der Waals surface area contributed by atoms with Crippen LogP contribution in [0.3, 0.4) is 0 Å². The lowest BCUT2D eigenvalue weighted by Gasteiger charge is -2.16. The molecule has 0 radical (unpaired) electrons. The Bertz CT molecular complexity index is 1090. The first kappa shape index (κ1) is 16.4. The van der Waals surface area contributed by atoms with Crippen LogP contribution in [-0.2, 0) is 4.84 Å². The summed E-state index contributed by atoms with van der Waals surface area (Å²) in [6.07, 6.45) is -0.470. The normalized spacial score (nSPS) is 18.5. The third kappa shape index (κ3) is 2.97. The second-order valence-electron chi connectivity index (χ2n) is 6.58. The van der Waals surface area contributed by atoms with Crippen molar-refractivity contribution in [1.29, 1.82) is 0 Å². The molecular formula is C23H17N3O2. The highest BCUT2D eigenvalue weighted by atomic mass is 16.7. The molecule has 0 unspecified atom stereocenters. The van der Waals surface area contributed by atoms with Gasteiger partial charge in [0.25, 0.3) is 5.89 Å². The average Bonchev–Trinajstić information content (AvgIpc) is 3.43. The van der Waals surface area contributed by atoms with Gasteiger partial charge in [0.15, 0.2) is 0 Å². The summed E-state index contributed by atoms with van der Waals surface area (Å²) < 4.78 is 5.58. The maximum absolute atomic E-state index is 5.81. The molecule has 136 valence electrons. The number of hydrogen-bond acceptors (Lipinski definition) is 5. The summed E-state index contributed by atoms with van der Waals surface area (Å²) in [4.78, 5) is 10.4. The molecule has 0 fully saturated rings. The topological polar surface area (TPSA) is 60.5 Å². The largest absolute Gasteiger partial charge is 0.381 e. The molecule has 3 aromatic carbocycles. The predicted octanol–water partition coefficient (Wildman–Crippen LogP) is 5.00. The number of rotatable bonds is 4. The van der Waals surface area contributed by atoms with E-state index in [0.717, 1.165) is 22.4 Å². The molecule has 2 atom stereocenters. The smallest absolute Gasteiger partial charge is 0.271 e. The molecule has 5 rings (SSSR count). The molecule has 28 heavy (non-hydrogen) atoms. The van der Waals surface area contributed by atoms with E-state index >= 15 is 0 Å². The Balaban J connectivity index is 1.54. The molecule has 4 aromatic rings. The fraction of sp³-hybridized carbons (Fsp3) is 0.0870. The lowest BCUT2D eigenvalue weighted by atomic mass is 9.86. The summed E-state index contributed by atoms with van der Waals surface area (Å²) in [6, 6.07) is 29.9. The number of nitrogens with zero attached hydrogens (tertiary/aromatic N) is 3. The van der Waals surface area contributed by atoms with Crippen LogP contribution in [0.1, 0.15) is 29.0 Å². The average molecular weight is 367 g/mol. The zero-order valence-electron chi connectivity index (χ0n) is 15.0. The van der Waals surface area contributed by atoms with Gasteiger partial charge >= 0.3 is 0 Å². The van der Waals surface area contributed by atoms with E-state index in [1.54, 1.807) is 0 Å². The highest BCUT2D eigenvalue weighted by Gasteiger charge is 2.41. The summed E-state index contributed by atoms with van der Waals surface area (Å²) >= 11 is 0. The molecule has 1 aromatic heterocycles. The molecule has 1 aliphatic heterocycles. The van der Waals surface area contributed by atoms with Crippen molar-refractivity contribution < 1.29 is 9.36 Å². The summed E-state index contributed by atoms with van der Waals surface area (Å²) in [6.45, 7) is 0. The summed E-state index contributed by atoms with van der Waals surface area (Å²) in [7, 11) is 0. The van der Waals surface area contributed by atoms with Gasteiger partial charge in [0, 0.05) is 11.1 Å². The lowest BCUT2D eigenvalue weighted by Crippen LogP contribution is -2.16. The fourth-order valence-electron chi connectivity index (χ4n) is 3.45. The van der Waals surface area contributed by atoms with Crippen molar-refractivity contribution in [3.05, 3.63) is 108 Å². The first-order valence-electron chi connectivity index (χ1n) is 9.13. The molecule has 1 aliphatic rings. The van der Waals surface area contributed by atoms with Gasteiger partial charge in [0.2, 0.25) is 11.9 Å². The van der Waals surface area contributed by atoms with E-state index in [1.807, 2.05) is 78.9 Å². The molecule has 0 spiro atoms. The summed E-state index contributed by atoms with van der Waals surface area (Å²) in [5.74, 6) is 0.828. The predicted molar refractivity (Wildman–Crippen MR) is 106 cm³/mol. The van der Waals surface area contributed by atoms with Gasteiger partial charge in [0.05, 0.1) is 11.6 Å². The maximum Gasteiger partial charge on any atom is 0.271 e. The quantitative estimate of drug-likeness (QED) is 0.509. The Morgan fingerprint density at radius 2 is 1.29 bits per heavy atom. The van der Waals surface area contributed by atoms with Gasteiger partial charge in [-0.3, -0.25) is 0 Å². The highest BCUT2D eigenvalue weighted by Crippen LogP contribution is 2.41. The van der Waals surface area contributed by atoms with E-state index in [9.17, 15) is 0 Å². The Labute approximate surface area is 162 Å². The van der Waals surface area contributed by atoms with Gasteiger partial charge in [-0.15, -0.1) is 0 Å². The molecule has 0 N–H and O–H groups in total. The van der Waals surface area contributed by atoms with Crippen LogP contribution in [0.15, 0.2) is 101 Å². The monoisotopic (exact) mass is 367 g/mol. The number of oxime groups is 1. The standard InChI is InChI=1S/C23H17N3O2/c1-4-10-16(11-5-1)19-20(17-12-6-2-7-13-17)25-27-21(19)23-24-22(26-28-23)18-14-8-3-9-15-18/h1-15,19,21H/t19-,21-/m1/s1. The second kappa shape index (κ2) is 7.12. The van der Waals surface area contributed by atoms with E-state index in [-0.39, 0.29) is 5.92 Å². The third-order valence-electron chi connectivity index (χ3n) is 4.81. The summed E-state index contributed by atoms with van der Waals surface area (Å²) in [5, 5.41) is 8.53. The van der Waals surface area contributed by atoms with E-state index in [1.165, 1.54) is 0 Å². The number of benzene rings is 3. The van der Waals surface area contributed by atoms with Gasteiger partial charge < -0.3 is 9.36 Å². The van der Waals surface area contributed by atoms with Crippen molar-refractivity contribution in [1.82, 2.24) is 10.1 Å². The molecular weight excluding hydrogens is 350 g/mol. The van der Waals surface area contributed by atoms with Gasteiger partial charge in [-0.2, -0.15) is 4.98 Å². The van der Waals surface area contributed by atoms with Crippen LogP contribution < -0.4 is 0 Å². The van der Waals surface area contributed by atoms with E-state index in [0.29, 0.717) is 11.7 Å². The van der Waals surface area contributed by atoms with Crippen LogP contribution in [0.5, 0.6) is 0 Å². The first-order chi connectivity index (χ1) is 13.9. The van der Waals surface area contributed by atoms with Gasteiger partial charge in [-0.05, 0) is 5.56 Å². The Morgan fingerprint density at radius 1 is 0.679 bits per heavy atom. The van der Waals surface area contributed by atoms with Crippen molar-refractivity contribution >= 4 is 5.71 Å². The first-order valence-corrected chi connectivity index (χ1v) is 9.13. The molecule has 2 heterocycles. The van der Waals surface area contributed by atoms with E-state index in [4.69, 9.17) is 9.36 Å². The van der Waals surface area contributed by atoms with Gasteiger partial charge in [-0.1, -0.05) is 101 Å². The minimum Gasteiger partial charge on any atom is -0.381 e. The minimum absolute atomic E-state index is 0.132. The lowest BCUT2D eigenvalue weighted by molar-refractivity contribution is 0.0508. The Hall–Kier alpha value is -3.73. The molecule has 5 nitrogen and oxygen atoms in total. The van der Waals surface area contributed by atoms with Crippen molar-refractivity contribution in [2.75, 3.05) is 0 Å². The molecule has 0 aliphatic carbocycles. The van der Waals surface area contributed by atoms with E-state index < -0.39 is 6.10 Å².